The van der Waals surface area contributed by atoms with Crippen molar-refractivity contribution < 1.29 is 23.0 Å². The fraction of sp³-hybridized carbons (Fsp3) is 0.238. The van der Waals surface area contributed by atoms with E-state index in [1.54, 1.807) is 32.4 Å². The van der Waals surface area contributed by atoms with Gasteiger partial charge < -0.3 is 9.47 Å². The molecule has 0 atom stereocenters. The van der Waals surface area contributed by atoms with Crippen molar-refractivity contribution in [2.45, 2.75) is 13.3 Å². The van der Waals surface area contributed by atoms with Crippen LogP contribution >= 0.6 is 11.8 Å². The van der Waals surface area contributed by atoms with Gasteiger partial charge in [-0.15, -0.1) is 0 Å². The summed E-state index contributed by atoms with van der Waals surface area (Å²) in [4.78, 5) is 18.6. The second-order valence-electron chi connectivity index (χ2n) is 6.19. The Morgan fingerprint density at radius 2 is 2.03 bits per heavy atom. The van der Waals surface area contributed by atoms with Gasteiger partial charge in [0.1, 0.15) is 11.5 Å². The molecule has 0 radical (unpaired) electrons. The topological polar surface area (TPSA) is 51.1 Å². The van der Waals surface area contributed by atoms with Crippen molar-refractivity contribution in [2.75, 3.05) is 20.8 Å². The number of carbonyl (C=O) groups is 1. The van der Waals surface area contributed by atoms with Crippen LogP contribution in [0.25, 0.3) is 6.08 Å². The number of hydrogen-bond acceptors (Lipinski definition) is 5. The highest BCUT2D eigenvalue weighted by Crippen LogP contribution is 2.38. The quantitative estimate of drug-likeness (QED) is 0.620. The van der Waals surface area contributed by atoms with E-state index in [2.05, 4.69) is 4.99 Å². The van der Waals surface area contributed by atoms with Crippen molar-refractivity contribution >= 4 is 34.6 Å². The Morgan fingerprint density at radius 3 is 2.72 bits per heavy atom. The Kier molecular flexibility index (Phi) is 6.53. The molecule has 2 aromatic rings. The molecule has 0 unspecified atom stereocenters. The van der Waals surface area contributed by atoms with Crippen LogP contribution in [0.3, 0.4) is 0 Å². The van der Waals surface area contributed by atoms with E-state index >= 15 is 0 Å². The first-order valence-electron chi connectivity index (χ1n) is 8.95. The zero-order valence-electron chi connectivity index (χ0n) is 16.2. The number of methoxy groups -OCH3 is 1. The van der Waals surface area contributed by atoms with Gasteiger partial charge >= 0.3 is 0 Å². The molecule has 1 aliphatic heterocycles. The highest BCUT2D eigenvalue weighted by molar-refractivity contribution is 8.18. The van der Waals surface area contributed by atoms with Crippen molar-refractivity contribution in [3.05, 3.63) is 58.5 Å². The second kappa shape index (κ2) is 9.09. The molecule has 0 N–H and O–H groups in total. The standard InChI is InChI=1S/C21H20F2N2O3S/c1-4-10-28-19-13(6-5-7-17(19)27-3)11-18-20(26)25(2)21(29-18)24-16-9-8-14(22)12-15(16)23/h5-9,11-12H,4,10H2,1-3H3/b18-11+,24-21?. The van der Waals surface area contributed by atoms with E-state index in [9.17, 15) is 13.6 Å². The maximum Gasteiger partial charge on any atom is 0.266 e. The predicted molar refractivity (Wildman–Crippen MR) is 111 cm³/mol. The Morgan fingerprint density at radius 1 is 1.24 bits per heavy atom. The monoisotopic (exact) mass is 418 g/mol. The molecule has 152 valence electrons. The zero-order chi connectivity index (χ0) is 21.0. The normalized spacial score (nSPS) is 16.7. The van der Waals surface area contributed by atoms with Gasteiger partial charge in [0, 0.05) is 18.7 Å². The number of rotatable bonds is 6. The van der Waals surface area contributed by atoms with Crippen molar-refractivity contribution in [2.24, 2.45) is 4.99 Å². The first kappa shape index (κ1) is 20.9. The van der Waals surface area contributed by atoms with E-state index in [0.29, 0.717) is 33.7 Å². The Balaban J connectivity index is 1.95. The minimum absolute atomic E-state index is 0.0388. The van der Waals surface area contributed by atoms with Gasteiger partial charge in [-0.25, -0.2) is 13.8 Å². The molecule has 0 saturated carbocycles. The highest BCUT2D eigenvalue weighted by Gasteiger charge is 2.31. The first-order valence-corrected chi connectivity index (χ1v) is 9.77. The molecular weight excluding hydrogens is 398 g/mol. The fourth-order valence-electron chi connectivity index (χ4n) is 2.63. The molecule has 8 heteroatoms. The van der Waals surface area contributed by atoms with Gasteiger partial charge in [0.25, 0.3) is 5.91 Å². The summed E-state index contributed by atoms with van der Waals surface area (Å²) in [6, 6.07) is 8.52. The van der Waals surface area contributed by atoms with Crippen LogP contribution in [0, 0.1) is 11.6 Å². The third-order valence-electron chi connectivity index (χ3n) is 4.10. The summed E-state index contributed by atoms with van der Waals surface area (Å²) in [5, 5.41) is 0.297. The van der Waals surface area contributed by atoms with Crippen molar-refractivity contribution in [1.29, 1.82) is 0 Å². The summed E-state index contributed by atoms with van der Waals surface area (Å²) >= 11 is 1.11. The number of amidine groups is 1. The molecule has 1 amide bonds. The lowest BCUT2D eigenvalue weighted by Crippen LogP contribution is -2.23. The van der Waals surface area contributed by atoms with Crippen molar-refractivity contribution in [1.82, 2.24) is 4.90 Å². The number of halogens is 2. The predicted octanol–water partition coefficient (Wildman–Crippen LogP) is 5.00. The van der Waals surface area contributed by atoms with Crippen LogP contribution in [0.5, 0.6) is 11.5 Å². The smallest absolute Gasteiger partial charge is 0.266 e. The minimum Gasteiger partial charge on any atom is -0.493 e. The molecular formula is C21H20F2N2O3S. The average Bonchev–Trinajstić information content (AvgIpc) is 2.96. The molecule has 0 aliphatic carbocycles. The number of para-hydroxylation sites is 1. The number of benzene rings is 2. The molecule has 1 saturated heterocycles. The van der Waals surface area contributed by atoms with Crippen molar-refractivity contribution in [3.63, 3.8) is 0 Å². The number of thioether (sulfide) groups is 1. The van der Waals surface area contributed by atoms with E-state index < -0.39 is 11.6 Å². The van der Waals surface area contributed by atoms with Gasteiger partial charge in [-0.05, 0) is 42.5 Å². The van der Waals surface area contributed by atoms with Crippen LogP contribution in [0.1, 0.15) is 18.9 Å². The van der Waals surface area contributed by atoms with Gasteiger partial charge in [0.2, 0.25) is 0 Å². The summed E-state index contributed by atoms with van der Waals surface area (Å²) in [5.41, 5.74) is 0.652. The number of ether oxygens (including phenoxy) is 2. The SMILES string of the molecule is CCCOc1c(/C=C2/SC(=Nc3ccc(F)cc3F)N(C)C2=O)cccc1OC. The van der Waals surface area contributed by atoms with Crippen LogP contribution in [-0.2, 0) is 4.79 Å². The largest absolute Gasteiger partial charge is 0.493 e. The van der Waals surface area contributed by atoms with Crippen LogP contribution < -0.4 is 9.47 Å². The number of carbonyl (C=O) groups excluding carboxylic acids is 1. The molecule has 29 heavy (non-hydrogen) atoms. The summed E-state index contributed by atoms with van der Waals surface area (Å²) < 4.78 is 38.2. The van der Waals surface area contributed by atoms with E-state index in [1.165, 1.54) is 11.0 Å². The molecule has 5 nitrogen and oxygen atoms in total. The number of aliphatic imine (C=N–C) groups is 1. The second-order valence-corrected chi connectivity index (χ2v) is 7.20. The molecule has 0 aromatic heterocycles. The summed E-state index contributed by atoms with van der Waals surface area (Å²) in [6.45, 7) is 2.50. The number of likely N-dealkylation sites (N-methyl/N-ethyl adjacent to an activating group) is 1. The Labute approximate surface area is 172 Å². The molecule has 1 fully saturated rings. The van der Waals surface area contributed by atoms with E-state index in [-0.39, 0.29) is 11.6 Å². The van der Waals surface area contributed by atoms with Gasteiger partial charge in [-0.1, -0.05) is 19.1 Å². The molecule has 1 aliphatic rings. The molecule has 0 spiro atoms. The zero-order valence-corrected chi connectivity index (χ0v) is 17.1. The van der Waals surface area contributed by atoms with Crippen LogP contribution in [0.15, 0.2) is 46.3 Å². The van der Waals surface area contributed by atoms with Gasteiger partial charge in [0.05, 0.1) is 18.6 Å². The Bertz CT molecular complexity index is 992. The van der Waals surface area contributed by atoms with Crippen LogP contribution in [-0.4, -0.2) is 36.7 Å². The van der Waals surface area contributed by atoms with E-state index in [1.807, 2.05) is 13.0 Å². The molecule has 2 aromatic carbocycles. The third kappa shape index (κ3) is 4.59. The number of nitrogens with zero attached hydrogens (tertiary/aromatic N) is 2. The summed E-state index contributed by atoms with van der Waals surface area (Å²) in [5.74, 6) is -0.637. The Hall–Kier alpha value is -2.87. The van der Waals surface area contributed by atoms with Crippen LogP contribution in [0.4, 0.5) is 14.5 Å². The minimum atomic E-state index is -0.792. The molecule has 1 heterocycles. The molecule has 0 bridgehead atoms. The summed E-state index contributed by atoms with van der Waals surface area (Å²) in [7, 11) is 3.10. The lowest BCUT2D eigenvalue weighted by atomic mass is 10.1. The van der Waals surface area contributed by atoms with Gasteiger partial charge in [0.15, 0.2) is 22.5 Å². The van der Waals surface area contributed by atoms with Gasteiger partial charge in [-0.3, -0.25) is 9.69 Å². The number of hydrogen-bond donors (Lipinski definition) is 0. The fourth-order valence-corrected chi connectivity index (χ4v) is 3.60. The average molecular weight is 418 g/mol. The van der Waals surface area contributed by atoms with E-state index in [0.717, 1.165) is 30.3 Å². The first-order chi connectivity index (χ1) is 13.9. The molecule has 3 rings (SSSR count). The lowest BCUT2D eigenvalue weighted by Gasteiger charge is -2.13. The third-order valence-corrected chi connectivity index (χ3v) is 5.16. The van der Waals surface area contributed by atoms with E-state index in [4.69, 9.17) is 9.47 Å². The summed E-state index contributed by atoms with van der Waals surface area (Å²) in [6.07, 6.45) is 2.52. The van der Waals surface area contributed by atoms with Gasteiger partial charge in [-0.2, -0.15) is 0 Å². The van der Waals surface area contributed by atoms with Crippen molar-refractivity contribution in [3.8, 4) is 11.5 Å². The van der Waals surface area contributed by atoms with Crippen LogP contribution in [0.2, 0.25) is 0 Å². The lowest BCUT2D eigenvalue weighted by molar-refractivity contribution is -0.121. The maximum absolute atomic E-state index is 13.9. The number of amides is 1. The maximum atomic E-state index is 13.9. The highest BCUT2D eigenvalue weighted by atomic mass is 32.2.